The number of aliphatic hydroxyl groups excluding tert-OH is 2. The number of rotatable bonds is 5. The molecule has 0 saturated carbocycles. The maximum Gasteiger partial charge on any atom is 0.196 e. The van der Waals surface area contributed by atoms with Crippen LogP contribution in [0.3, 0.4) is 0 Å². The first-order valence-electron chi connectivity index (χ1n) is 7.18. The highest BCUT2D eigenvalue weighted by atomic mass is 16.5. The van der Waals surface area contributed by atoms with Gasteiger partial charge in [-0.05, 0) is 12.1 Å². The summed E-state index contributed by atoms with van der Waals surface area (Å²) in [6.07, 6.45) is 1.10. The van der Waals surface area contributed by atoms with Crippen LogP contribution in [0.5, 0.6) is 0 Å². The average Bonchev–Trinajstić information content (AvgIpc) is 2.93. The Labute approximate surface area is 125 Å². The molecule has 0 bridgehead atoms. The Morgan fingerprint density at radius 1 is 1.33 bits per heavy atom. The molecule has 0 amide bonds. The third kappa shape index (κ3) is 3.43. The summed E-state index contributed by atoms with van der Waals surface area (Å²) in [5, 5.41) is 31.6. The molecule has 0 aromatic heterocycles. The number of hydrogen-bond donors (Lipinski definition) is 2. The largest absolute Gasteiger partial charge is 0.623 e. The molecule has 1 fully saturated rings. The van der Waals surface area contributed by atoms with Crippen LogP contribution >= 0.6 is 0 Å². The molecule has 1 aliphatic rings. The lowest BCUT2D eigenvalue weighted by molar-refractivity contribution is -0.514. The van der Waals surface area contributed by atoms with Crippen molar-refractivity contribution in [3.63, 3.8) is 0 Å². The molecule has 2 N–H and O–H groups in total. The van der Waals surface area contributed by atoms with Crippen molar-refractivity contribution in [3.8, 4) is 0 Å². The van der Waals surface area contributed by atoms with Gasteiger partial charge in [0.2, 0.25) is 0 Å². The number of hydroxylamine groups is 1. The molecule has 1 aromatic carbocycles. The maximum absolute atomic E-state index is 12.5. The lowest BCUT2D eigenvalue weighted by Gasteiger charge is -2.32. The van der Waals surface area contributed by atoms with Gasteiger partial charge in [0.1, 0.15) is 6.10 Å². The SMILES string of the molecule is CC(C)(CO)[C@@H]1OC[C@@H](CO)[C@H]1/[N+]([O-])=C/c1ccccc1. The molecule has 1 aliphatic heterocycles. The van der Waals surface area contributed by atoms with Gasteiger partial charge in [-0.25, -0.2) is 4.74 Å². The second-order valence-electron chi connectivity index (χ2n) is 6.23. The summed E-state index contributed by atoms with van der Waals surface area (Å²) in [6.45, 7) is 3.87. The molecule has 2 rings (SSSR count). The third-order valence-electron chi connectivity index (χ3n) is 4.07. The van der Waals surface area contributed by atoms with Crippen LogP contribution in [-0.2, 0) is 4.74 Å². The number of aliphatic hydroxyl groups is 2. The Balaban J connectivity index is 2.29. The topological polar surface area (TPSA) is 75.8 Å². The summed E-state index contributed by atoms with van der Waals surface area (Å²) in [6, 6.07) is 8.81. The number of ether oxygens (including phenoxy) is 1. The number of nitrogens with zero attached hydrogens (tertiary/aromatic N) is 1. The minimum atomic E-state index is -0.540. The normalized spacial score (nSPS) is 27.0. The van der Waals surface area contributed by atoms with Gasteiger partial charge >= 0.3 is 0 Å². The quantitative estimate of drug-likeness (QED) is 0.368. The highest BCUT2D eigenvalue weighted by Crippen LogP contribution is 2.35. The monoisotopic (exact) mass is 293 g/mol. The Hall–Kier alpha value is -1.43. The number of hydrogen-bond acceptors (Lipinski definition) is 4. The third-order valence-corrected chi connectivity index (χ3v) is 4.07. The van der Waals surface area contributed by atoms with E-state index in [-0.39, 0.29) is 19.1 Å². The van der Waals surface area contributed by atoms with Crippen molar-refractivity contribution in [2.45, 2.75) is 26.0 Å². The van der Waals surface area contributed by atoms with Gasteiger partial charge in [0.05, 0.1) is 25.7 Å². The highest BCUT2D eigenvalue weighted by Gasteiger charge is 2.50. The van der Waals surface area contributed by atoms with Crippen LogP contribution in [-0.4, -0.2) is 53.1 Å². The summed E-state index contributed by atoms with van der Waals surface area (Å²) in [5.41, 5.74) is 0.263. The van der Waals surface area contributed by atoms with Crippen molar-refractivity contribution in [2.75, 3.05) is 19.8 Å². The predicted octanol–water partition coefficient (Wildman–Crippen LogP) is 1.01. The first-order chi connectivity index (χ1) is 9.99. The van der Waals surface area contributed by atoms with Crippen LogP contribution < -0.4 is 0 Å². The van der Waals surface area contributed by atoms with E-state index >= 15 is 0 Å². The Bertz CT molecular complexity index is 486. The standard InChI is InChI=1S/C16H23NO4/c1-16(2,11-19)15-14(13(9-18)10-21-15)17(20)8-12-6-4-3-5-7-12/h3-8,13-15,18-19H,9-11H2,1-2H3/b17-8-/t13-,14-,15-/m1/s1. The first-order valence-corrected chi connectivity index (χ1v) is 7.18. The van der Waals surface area contributed by atoms with Crippen molar-refractivity contribution in [1.82, 2.24) is 0 Å². The zero-order valence-corrected chi connectivity index (χ0v) is 12.5. The Morgan fingerprint density at radius 3 is 2.57 bits per heavy atom. The summed E-state index contributed by atoms with van der Waals surface area (Å²) < 4.78 is 6.57. The molecule has 21 heavy (non-hydrogen) atoms. The summed E-state index contributed by atoms with van der Waals surface area (Å²) in [5.74, 6) is -0.252. The van der Waals surface area contributed by atoms with Crippen molar-refractivity contribution >= 4 is 6.21 Å². The van der Waals surface area contributed by atoms with Gasteiger partial charge in [-0.15, -0.1) is 0 Å². The smallest absolute Gasteiger partial charge is 0.196 e. The molecule has 1 aromatic rings. The fourth-order valence-electron chi connectivity index (χ4n) is 2.72. The van der Waals surface area contributed by atoms with E-state index in [2.05, 4.69) is 0 Å². The Morgan fingerprint density at radius 2 is 2.00 bits per heavy atom. The van der Waals surface area contributed by atoms with Crippen molar-refractivity contribution in [3.05, 3.63) is 41.1 Å². The zero-order valence-electron chi connectivity index (χ0n) is 12.5. The number of benzene rings is 1. The molecule has 1 saturated heterocycles. The lowest BCUT2D eigenvalue weighted by atomic mass is 9.81. The first kappa shape index (κ1) is 15.9. The second kappa shape index (κ2) is 6.56. The van der Waals surface area contributed by atoms with Crippen molar-refractivity contribution in [1.29, 1.82) is 0 Å². The van der Waals surface area contributed by atoms with E-state index in [0.717, 1.165) is 10.3 Å². The predicted molar refractivity (Wildman–Crippen MR) is 80.2 cm³/mol. The minimum Gasteiger partial charge on any atom is -0.623 e. The van der Waals surface area contributed by atoms with Gasteiger partial charge in [-0.1, -0.05) is 32.0 Å². The van der Waals surface area contributed by atoms with Crippen LogP contribution in [0.15, 0.2) is 30.3 Å². The van der Waals surface area contributed by atoms with Crippen molar-refractivity contribution < 1.29 is 19.7 Å². The van der Waals surface area contributed by atoms with Gasteiger partial charge in [-0.3, -0.25) is 0 Å². The van der Waals surface area contributed by atoms with Gasteiger partial charge in [0.15, 0.2) is 12.3 Å². The average molecular weight is 293 g/mol. The second-order valence-corrected chi connectivity index (χ2v) is 6.23. The Kier molecular flexibility index (Phi) is 4.98. The van der Waals surface area contributed by atoms with Gasteiger partial charge < -0.3 is 20.2 Å². The van der Waals surface area contributed by atoms with E-state index in [0.29, 0.717) is 6.61 Å². The zero-order chi connectivity index (χ0) is 15.5. The van der Waals surface area contributed by atoms with E-state index in [9.17, 15) is 15.4 Å². The summed E-state index contributed by atoms with van der Waals surface area (Å²) in [4.78, 5) is 0. The molecular formula is C16H23NO4. The minimum absolute atomic E-state index is 0.0779. The molecule has 0 radical (unpaired) electrons. The van der Waals surface area contributed by atoms with Crippen LogP contribution in [0.4, 0.5) is 0 Å². The van der Waals surface area contributed by atoms with Crippen LogP contribution in [0.2, 0.25) is 0 Å². The molecule has 116 valence electrons. The molecule has 0 unspecified atom stereocenters. The van der Waals surface area contributed by atoms with E-state index < -0.39 is 17.6 Å². The lowest BCUT2D eigenvalue weighted by Crippen LogP contribution is -2.46. The van der Waals surface area contributed by atoms with E-state index in [4.69, 9.17) is 4.74 Å². The van der Waals surface area contributed by atoms with E-state index in [1.54, 1.807) is 0 Å². The maximum atomic E-state index is 12.5. The molecule has 3 atom stereocenters. The van der Waals surface area contributed by atoms with Gasteiger partial charge in [-0.2, -0.15) is 0 Å². The van der Waals surface area contributed by atoms with Crippen LogP contribution in [0.25, 0.3) is 0 Å². The van der Waals surface area contributed by atoms with Crippen LogP contribution in [0, 0.1) is 16.5 Å². The van der Waals surface area contributed by atoms with Gasteiger partial charge in [0, 0.05) is 11.0 Å². The summed E-state index contributed by atoms with van der Waals surface area (Å²) >= 11 is 0. The van der Waals surface area contributed by atoms with E-state index in [1.165, 1.54) is 6.21 Å². The molecule has 0 spiro atoms. The molecule has 1 heterocycles. The molecule has 0 aliphatic carbocycles. The highest BCUT2D eigenvalue weighted by molar-refractivity contribution is 5.75. The fraction of sp³-hybridized carbons (Fsp3) is 0.562. The molecule has 5 nitrogen and oxygen atoms in total. The summed E-state index contributed by atoms with van der Waals surface area (Å²) in [7, 11) is 0. The van der Waals surface area contributed by atoms with Crippen LogP contribution in [0.1, 0.15) is 19.4 Å². The molecular weight excluding hydrogens is 270 g/mol. The van der Waals surface area contributed by atoms with Crippen molar-refractivity contribution in [2.24, 2.45) is 11.3 Å². The van der Waals surface area contributed by atoms with Gasteiger partial charge in [0.25, 0.3) is 0 Å². The molecule has 5 heteroatoms. The van der Waals surface area contributed by atoms with E-state index in [1.807, 2.05) is 44.2 Å². The fourth-order valence-corrected chi connectivity index (χ4v) is 2.72.